The molecule has 0 aliphatic carbocycles. The summed E-state index contributed by atoms with van der Waals surface area (Å²) in [6, 6.07) is 6.04. The van der Waals surface area contributed by atoms with E-state index in [-0.39, 0.29) is 49.8 Å². The van der Waals surface area contributed by atoms with Crippen LogP contribution in [0.2, 0.25) is 0 Å². The topological polar surface area (TPSA) is 108 Å². The number of ether oxygens (including phenoxy) is 1. The zero-order valence-electron chi connectivity index (χ0n) is 17.3. The fraction of sp³-hybridized carbons (Fsp3) is 0.571. The Kier molecular flexibility index (Phi) is 8.45. The van der Waals surface area contributed by atoms with Gasteiger partial charge in [0.1, 0.15) is 11.8 Å². The van der Waals surface area contributed by atoms with Gasteiger partial charge < -0.3 is 20.5 Å². The minimum Gasteiger partial charge on any atom is -0.497 e. The Bertz CT molecular complexity index is 707. The molecule has 0 bridgehead atoms. The molecule has 1 heterocycles. The van der Waals surface area contributed by atoms with E-state index < -0.39 is 12.1 Å². The van der Waals surface area contributed by atoms with Crippen LogP contribution in [0.25, 0.3) is 0 Å². The van der Waals surface area contributed by atoms with Crippen molar-refractivity contribution in [1.82, 2.24) is 15.5 Å². The van der Waals surface area contributed by atoms with E-state index in [0.717, 1.165) is 17.7 Å². The minimum atomic E-state index is -0.694. The maximum atomic E-state index is 12.5. The maximum Gasteiger partial charge on any atom is 0.324 e. The molecule has 1 aromatic rings. The standard InChI is InChI=1S/C21H31N3O5/c1-4-14(2)18(13-25)22-19(26)10-9-17-20(27)24(21(28)23-17)12-11-15-5-7-16(29-3)8-6-15/h5-8,14,17-18,25H,4,9-13H2,1-3H3,(H,22,26)(H,23,28)/t14-,17+,18-/m0/s1. The van der Waals surface area contributed by atoms with Gasteiger partial charge in [0, 0.05) is 13.0 Å². The number of amides is 4. The highest BCUT2D eigenvalue weighted by molar-refractivity contribution is 6.04. The van der Waals surface area contributed by atoms with Crippen molar-refractivity contribution >= 4 is 17.8 Å². The molecule has 1 saturated heterocycles. The average Bonchev–Trinajstić information content (AvgIpc) is 3.01. The minimum absolute atomic E-state index is 0.107. The fourth-order valence-corrected chi connectivity index (χ4v) is 3.22. The number of aliphatic hydroxyl groups is 1. The molecule has 0 aromatic heterocycles. The van der Waals surface area contributed by atoms with E-state index in [4.69, 9.17) is 4.74 Å². The lowest BCUT2D eigenvalue weighted by molar-refractivity contribution is -0.127. The molecule has 1 aromatic carbocycles. The number of carbonyl (C=O) groups excluding carboxylic acids is 3. The van der Waals surface area contributed by atoms with E-state index in [1.165, 1.54) is 4.90 Å². The number of imide groups is 1. The molecule has 3 N–H and O–H groups in total. The second-order valence-electron chi connectivity index (χ2n) is 7.37. The zero-order valence-corrected chi connectivity index (χ0v) is 17.3. The van der Waals surface area contributed by atoms with Crippen LogP contribution < -0.4 is 15.4 Å². The summed E-state index contributed by atoms with van der Waals surface area (Å²) in [4.78, 5) is 38.0. The predicted molar refractivity (Wildman–Crippen MR) is 108 cm³/mol. The van der Waals surface area contributed by atoms with Gasteiger partial charge in [-0.3, -0.25) is 14.5 Å². The van der Waals surface area contributed by atoms with Gasteiger partial charge in [0.25, 0.3) is 5.91 Å². The average molecular weight is 405 g/mol. The highest BCUT2D eigenvalue weighted by Gasteiger charge is 2.37. The van der Waals surface area contributed by atoms with Crippen molar-refractivity contribution in [3.05, 3.63) is 29.8 Å². The number of hydrogen-bond donors (Lipinski definition) is 3. The van der Waals surface area contributed by atoms with Crippen LogP contribution in [0.15, 0.2) is 24.3 Å². The number of carbonyl (C=O) groups is 3. The molecule has 0 spiro atoms. The largest absolute Gasteiger partial charge is 0.497 e. The number of rotatable bonds is 11. The zero-order chi connectivity index (χ0) is 21.4. The van der Waals surface area contributed by atoms with Crippen LogP contribution in [0.3, 0.4) is 0 Å². The lowest BCUT2D eigenvalue weighted by Crippen LogP contribution is -2.42. The van der Waals surface area contributed by atoms with Crippen molar-refractivity contribution in [1.29, 1.82) is 0 Å². The Labute approximate surface area is 171 Å². The van der Waals surface area contributed by atoms with Crippen LogP contribution in [0.1, 0.15) is 38.7 Å². The first-order valence-electron chi connectivity index (χ1n) is 10.0. The maximum absolute atomic E-state index is 12.5. The predicted octanol–water partition coefficient (Wildman–Crippen LogP) is 1.46. The Hall–Kier alpha value is -2.61. The quantitative estimate of drug-likeness (QED) is 0.483. The third-order valence-electron chi connectivity index (χ3n) is 5.42. The molecule has 0 unspecified atom stereocenters. The lowest BCUT2D eigenvalue weighted by Gasteiger charge is -2.22. The monoisotopic (exact) mass is 405 g/mol. The van der Waals surface area contributed by atoms with Gasteiger partial charge in [-0.25, -0.2) is 4.79 Å². The van der Waals surface area contributed by atoms with Gasteiger partial charge in [-0.1, -0.05) is 32.4 Å². The number of hydrogen-bond acceptors (Lipinski definition) is 5. The Morgan fingerprint density at radius 1 is 1.31 bits per heavy atom. The molecule has 8 nitrogen and oxygen atoms in total. The molecule has 8 heteroatoms. The molecule has 1 fully saturated rings. The van der Waals surface area contributed by atoms with E-state index in [2.05, 4.69) is 10.6 Å². The molecule has 0 radical (unpaired) electrons. The van der Waals surface area contributed by atoms with Crippen LogP contribution in [-0.4, -0.2) is 60.2 Å². The molecule has 4 amide bonds. The van der Waals surface area contributed by atoms with Crippen molar-refractivity contribution < 1.29 is 24.2 Å². The third-order valence-corrected chi connectivity index (χ3v) is 5.42. The van der Waals surface area contributed by atoms with Gasteiger partial charge >= 0.3 is 6.03 Å². The number of urea groups is 1. The summed E-state index contributed by atoms with van der Waals surface area (Å²) in [5.41, 5.74) is 0.995. The smallest absolute Gasteiger partial charge is 0.324 e. The first kappa shape index (κ1) is 22.7. The van der Waals surface area contributed by atoms with Gasteiger partial charge in [0.2, 0.25) is 5.91 Å². The molecular formula is C21H31N3O5. The second-order valence-corrected chi connectivity index (χ2v) is 7.37. The third kappa shape index (κ3) is 6.19. The highest BCUT2D eigenvalue weighted by Crippen LogP contribution is 2.15. The molecule has 160 valence electrons. The van der Waals surface area contributed by atoms with Crippen molar-refractivity contribution in [2.24, 2.45) is 5.92 Å². The van der Waals surface area contributed by atoms with E-state index in [0.29, 0.717) is 6.42 Å². The molecule has 1 aliphatic rings. The Morgan fingerprint density at radius 2 is 2.00 bits per heavy atom. The van der Waals surface area contributed by atoms with E-state index in [9.17, 15) is 19.5 Å². The van der Waals surface area contributed by atoms with Crippen LogP contribution in [0.5, 0.6) is 5.75 Å². The Balaban J connectivity index is 1.82. The van der Waals surface area contributed by atoms with Crippen molar-refractivity contribution in [3.63, 3.8) is 0 Å². The molecule has 0 saturated carbocycles. The second kappa shape index (κ2) is 10.8. The van der Waals surface area contributed by atoms with Crippen LogP contribution in [0, 0.1) is 5.92 Å². The molecular weight excluding hydrogens is 374 g/mol. The van der Waals surface area contributed by atoms with E-state index >= 15 is 0 Å². The van der Waals surface area contributed by atoms with E-state index in [1.807, 2.05) is 38.1 Å². The summed E-state index contributed by atoms with van der Waals surface area (Å²) < 4.78 is 5.12. The van der Waals surface area contributed by atoms with Gasteiger partial charge in [-0.05, 0) is 36.5 Å². The van der Waals surface area contributed by atoms with Crippen LogP contribution >= 0.6 is 0 Å². The summed E-state index contributed by atoms with van der Waals surface area (Å²) in [6.45, 7) is 4.11. The number of methoxy groups -OCH3 is 1. The number of nitrogens with zero attached hydrogens (tertiary/aromatic N) is 1. The first-order chi connectivity index (χ1) is 13.9. The van der Waals surface area contributed by atoms with Crippen LogP contribution in [-0.2, 0) is 16.0 Å². The summed E-state index contributed by atoms with van der Waals surface area (Å²) in [5.74, 6) is 0.365. The van der Waals surface area contributed by atoms with Gasteiger partial charge in [-0.15, -0.1) is 0 Å². The van der Waals surface area contributed by atoms with Crippen molar-refractivity contribution in [2.75, 3.05) is 20.3 Å². The summed E-state index contributed by atoms with van der Waals surface area (Å²) in [5, 5.41) is 14.9. The van der Waals surface area contributed by atoms with Gasteiger partial charge in [0.05, 0.1) is 19.8 Å². The molecule has 3 atom stereocenters. The number of nitrogens with one attached hydrogen (secondary N) is 2. The van der Waals surface area contributed by atoms with Crippen molar-refractivity contribution in [3.8, 4) is 5.75 Å². The molecule has 29 heavy (non-hydrogen) atoms. The van der Waals surface area contributed by atoms with Gasteiger partial charge in [0.15, 0.2) is 0 Å². The Morgan fingerprint density at radius 3 is 2.59 bits per heavy atom. The fourth-order valence-electron chi connectivity index (χ4n) is 3.22. The van der Waals surface area contributed by atoms with Crippen molar-refractivity contribution in [2.45, 2.75) is 51.6 Å². The highest BCUT2D eigenvalue weighted by atomic mass is 16.5. The normalized spacial score (nSPS) is 18.3. The summed E-state index contributed by atoms with van der Waals surface area (Å²) >= 11 is 0. The molecule has 2 rings (SSSR count). The SMILES string of the molecule is CC[C@H](C)[C@H](CO)NC(=O)CC[C@H]1NC(=O)N(CCc2ccc(OC)cc2)C1=O. The molecule has 1 aliphatic heterocycles. The van der Waals surface area contributed by atoms with E-state index in [1.54, 1.807) is 7.11 Å². The van der Waals surface area contributed by atoms with Crippen LogP contribution in [0.4, 0.5) is 4.79 Å². The summed E-state index contributed by atoms with van der Waals surface area (Å²) in [6.07, 6.45) is 1.72. The number of aliphatic hydroxyl groups excluding tert-OH is 1. The summed E-state index contributed by atoms with van der Waals surface area (Å²) in [7, 11) is 1.59. The number of benzene rings is 1. The first-order valence-corrected chi connectivity index (χ1v) is 10.0. The van der Waals surface area contributed by atoms with Gasteiger partial charge in [-0.2, -0.15) is 0 Å². The lowest BCUT2D eigenvalue weighted by atomic mass is 9.99.